The standard InChI is InChI=1S/C19H20N8O2/c1-11(2)18-24-26(19(29)15-7-14(12-3-4-12)23-27(15)18)9-17(28)21-13-5-6-16-22-20-10-25(16)8-13/h5-8,10-12H,3-4,9H2,1-2H3,(H,21,28). The largest absolute Gasteiger partial charge is 0.323 e. The van der Waals surface area contributed by atoms with Crippen molar-refractivity contribution in [1.29, 1.82) is 0 Å². The molecular weight excluding hydrogens is 372 g/mol. The van der Waals surface area contributed by atoms with E-state index in [0.29, 0.717) is 28.6 Å². The zero-order valence-corrected chi connectivity index (χ0v) is 16.1. The van der Waals surface area contributed by atoms with Gasteiger partial charge in [-0.05, 0) is 31.0 Å². The molecule has 4 aromatic heterocycles. The molecule has 1 N–H and O–H groups in total. The molecule has 29 heavy (non-hydrogen) atoms. The number of anilines is 1. The van der Waals surface area contributed by atoms with E-state index in [2.05, 4.69) is 25.7 Å². The van der Waals surface area contributed by atoms with E-state index in [1.54, 1.807) is 33.6 Å². The van der Waals surface area contributed by atoms with Crippen molar-refractivity contribution in [2.45, 2.75) is 45.1 Å². The molecule has 148 valence electrons. The van der Waals surface area contributed by atoms with Gasteiger partial charge in [0.25, 0.3) is 5.56 Å². The van der Waals surface area contributed by atoms with Crippen LogP contribution in [0.2, 0.25) is 0 Å². The van der Waals surface area contributed by atoms with Gasteiger partial charge in [-0.25, -0.2) is 9.20 Å². The maximum Gasteiger partial charge on any atom is 0.293 e. The lowest BCUT2D eigenvalue weighted by Crippen LogP contribution is -2.32. The molecule has 0 aliphatic heterocycles. The number of fused-ring (bicyclic) bond motifs is 2. The van der Waals surface area contributed by atoms with Gasteiger partial charge in [0.05, 0.1) is 11.4 Å². The van der Waals surface area contributed by atoms with Crippen LogP contribution in [-0.2, 0) is 11.3 Å². The van der Waals surface area contributed by atoms with Crippen molar-refractivity contribution in [3.8, 4) is 0 Å². The van der Waals surface area contributed by atoms with Crippen molar-refractivity contribution in [3.05, 3.63) is 52.6 Å². The number of amides is 1. The second-order valence-corrected chi connectivity index (χ2v) is 7.68. The smallest absolute Gasteiger partial charge is 0.293 e. The summed E-state index contributed by atoms with van der Waals surface area (Å²) >= 11 is 0. The average molecular weight is 392 g/mol. The molecule has 1 aliphatic rings. The van der Waals surface area contributed by atoms with E-state index >= 15 is 0 Å². The number of carbonyl (C=O) groups excluding carboxylic acids is 1. The zero-order valence-electron chi connectivity index (χ0n) is 16.1. The van der Waals surface area contributed by atoms with Crippen LogP contribution in [0.1, 0.15) is 50.0 Å². The lowest BCUT2D eigenvalue weighted by molar-refractivity contribution is -0.117. The molecule has 5 rings (SSSR count). The molecular formula is C19H20N8O2. The Bertz CT molecular complexity index is 1290. The average Bonchev–Trinajstić information content (AvgIpc) is 3.26. The molecule has 0 spiro atoms. The van der Waals surface area contributed by atoms with Crippen LogP contribution in [0, 0.1) is 0 Å². The predicted octanol–water partition coefficient (Wildman–Crippen LogP) is 1.57. The van der Waals surface area contributed by atoms with Gasteiger partial charge < -0.3 is 5.32 Å². The van der Waals surface area contributed by atoms with E-state index in [-0.39, 0.29) is 23.9 Å². The second-order valence-electron chi connectivity index (χ2n) is 7.68. The summed E-state index contributed by atoms with van der Waals surface area (Å²) < 4.78 is 4.55. The highest BCUT2D eigenvalue weighted by Gasteiger charge is 2.28. The highest BCUT2D eigenvalue weighted by molar-refractivity contribution is 5.90. The van der Waals surface area contributed by atoms with E-state index in [1.165, 1.54) is 4.68 Å². The minimum atomic E-state index is -0.340. The molecule has 4 heterocycles. The van der Waals surface area contributed by atoms with Gasteiger partial charge >= 0.3 is 0 Å². The van der Waals surface area contributed by atoms with Gasteiger partial charge in [-0.2, -0.15) is 10.2 Å². The minimum Gasteiger partial charge on any atom is -0.323 e. The first-order valence-electron chi connectivity index (χ1n) is 9.59. The van der Waals surface area contributed by atoms with Crippen LogP contribution in [0.4, 0.5) is 5.69 Å². The van der Waals surface area contributed by atoms with Gasteiger partial charge in [0, 0.05) is 18.0 Å². The van der Waals surface area contributed by atoms with Crippen molar-refractivity contribution < 1.29 is 4.79 Å². The Hall–Kier alpha value is -3.56. The normalized spacial score (nSPS) is 14.2. The fourth-order valence-electron chi connectivity index (χ4n) is 3.35. The van der Waals surface area contributed by atoms with Crippen LogP contribution >= 0.6 is 0 Å². The second kappa shape index (κ2) is 6.50. The summed E-state index contributed by atoms with van der Waals surface area (Å²) in [6.07, 6.45) is 5.46. The predicted molar refractivity (Wildman–Crippen MR) is 105 cm³/mol. The van der Waals surface area contributed by atoms with Crippen LogP contribution in [0.3, 0.4) is 0 Å². The highest BCUT2D eigenvalue weighted by atomic mass is 16.2. The van der Waals surface area contributed by atoms with Crippen molar-refractivity contribution >= 4 is 22.8 Å². The molecule has 0 unspecified atom stereocenters. The number of carbonyl (C=O) groups is 1. The van der Waals surface area contributed by atoms with E-state index in [1.807, 2.05) is 19.9 Å². The maximum absolute atomic E-state index is 12.9. The Morgan fingerprint density at radius 3 is 2.86 bits per heavy atom. The Labute approximate surface area is 165 Å². The van der Waals surface area contributed by atoms with Crippen molar-refractivity contribution in [3.63, 3.8) is 0 Å². The number of nitrogens with one attached hydrogen (secondary N) is 1. The Kier molecular flexibility index (Phi) is 3.93. The number of aromatic nitrogens is 7. The quantitative estimate of drug-likeness (QED) is 0.552. The summed E-state index contributed by atoms with van der Waals surface area (Å²) in [6.45, 7) is 3.80. The highest BCUT2D eigenvalue weighted by Crippen LogP contribution is 2.39. The summed E-state index contributed by atoms with van der Waals surface area (Å²) in [6, 6.07) is 5.32. The molecule has 0 bridgehead atoms. The molecule has 1 aliphatic carbocycles. The molecule has 1 fully saturated rings. The molecule has 0 aromatic carbocycles. The summed E-state index contributed by atoms with van der Waals surface area (Å²) in [5.41, 5.74) is 2.33. The monoisotopic (exact) mass is 392 g/mol. The van der Waals surface area contributed by atoms with Gasteiger partial charge in [-0.1, -0.05) is 13.8 Å². The summed E-state index contributed by atoms with van der Waals surface area (Å²) in [4.78, 5) is 25.5. The number of hydrogen-bond donors (Lipinski definition) is 1. The third-order valence-corrected chi connectivity index (χ3v) is 5.00. The fraction of sp³-hybridized carbons (Fsp3) is 0.368. The molecule has 10 heteroatoms. The van der Waals surface area contributed by atoms with Crippen LogP contribution in [0.25, 0.3) is 11.2 Å². The third kappa shape index (κ3) is 3.16. The van der Waals surface area contributed by atoms with Crippen LogP contribution in [0.5, 0.6) is 0 Å². The Morgan fingerprint density at radius 1 is 1.28 bits per heavy atom. The van der Waals surface area contributed by atoms with Gasteiger partial charge in [0.2, 0.25) is 5.91 Å². The molecule has 1 amide bonds. The van der Waals surface area contributed by atoms with E-state index in [4.69, 9.17) is 0 Å². The van der Waals surface area contributed by atoms with Crippen molar-refractivity contribution in [2.24, 2.45) is 0 Å². The first kappa shape index (κ1) is 17.5. The molecule has 10 nitrogen and oxygen atoms in total. The first-order valence-corrected chi connectivity index (χ1v) is 9.59. The number of hydrogen-bond acceptors (Lipinski definition) is 6. The third-order valence-electron chi connectivity index (χ3n) is 5.00. The topological polar surface area (TPSA) is 111 Å². The SMILES string of the molecule is CC(C)c1nn(CC(=O)Nc2ccc3nncn3c2)c(=O)c2cc(C3CC3)nn12. The van der Waals surface area contributed by atoms with Gasteiger partial charge in [0.1, 0.15) is 18.4 Å². The summed E-state index contributed by atoms with van der Waals surface area (Å²) in [5, 5.41) is 19.6. The fourth-order valence-corrected chi connectivity index (χ4v) is 3.35. The van der Waals surface area contributed by atoms with E-state index < -0.39 is 0 Å². The lowest BCUT2D eigenvalue weighted by Gasteiger charge is -2.12. The van der Waals surface area contributed by atoms with E-state index in [9.17, 15) is 9.59 Å². The van der Waals surface area contributed by atoms with Crippen molar-refractivity contribution in [1.82, 2.24) is 34.0 Å². The lowest BCUT2D eigenvalue weighted by atomic mass is 10.2. The van der Waals surface area contributed by atoms with Crippen LogP contribution < -0.4 is 10.9 Å². The summed E-state index contributed by atoms with van der Waals surface area (Å²) in [7, 11) is 0. The Morgan fingerprint density at radius 2 is 2.10 bits per heavy atom. The number of rotatable bonds is 5. The molecule has 1 saturated carbocycles. The summed E-state index contributed by atoms with van der Waals surface area (Å²) in [5.74, 6) is 0.798. The zero-order chi connectivity index (χ0) is 20.1. The van der Waals surface area contributed by atoms with Gasteiger partial charge in [0.15, 0.2) is 11.5 Å². The van der Waals surface area contributed by atoms with Crippen LogP contribution in [0.15, 0.2) is 35.5 Å². The Balaban J connectivity index is 1.46. The van der Waals surface area contributed by atoms with Gasteiger partial charge in [-0.15, -0.1) is 10.2 Å². The molecule has 0 saturated heterocycles. The minimum absolute atomic E-state index is 0.0514. The molecule has 4 aromatic rings. The van der Waals surface area contributed by atoms with Gasteiger partial charge in [-0.3, -0.25) is 14.0 Å². The first-order chi connectivity index (χ1) is 14.0. The van der Waals surface area contributed by atoms with Crippen molar-refractivity contribution in [2.75, 3.05) is 5.32 Å². The van der Waals surface area contributed by atoms with E-state index in [0.717, 1.165) is 18.5 Å². The number of nitrogens with zero attached hydrogens (tertiary/aromatic N) is 7. The molecule has 0 radical (unpaired) electrons. The maximum atomic E-state index is 12.9. The van der Waals surface area contributed by atoms with Crippen LogP contribution in [-0.4, -0.2) is 39.9 Å². The molecule has 0 atom stereocenters. The number of pyridine rings is 1.